The van der Waals surface area contributed by atoms with E-state index in [0.717, 1.165) is 6.42 Å². The summed E-state index contributed by atoms with van der Waals surface area (Å²) in [5.41, 5.74) is 3.10. The van der Waals surface area contributed by atoms with Crippen LogP contribution in [-0.2, 0) is 0 Å². The minimum atomic E-state index is -1.33. The van der Waals surface area contributed by atoms with Crippen LogP contribution in [0.2, 0.25) is 0 Å². The van der Waals surface area contributed by atoms with Crippen LogP contribution < -0.4 is 0 Å². The normalized spacial score (nSPS) is 16.0. The fourth-order valence-corrected chi connectivity index (χ4v) is 1.12. The second-order valence-electron chi connectivity index (χ2n) is 3.14. The highest BCUT2D eigenvalue weighted by atomic mass is 16.4. The van der Waals surface area contributed by atoms with Crippen LogP contribution in [0.1, 0.15) is 20.3 Å². The van der Waals surface area contributed by atoms with Crippen molar-refractivity contribution in [1.29, 1.82) is 0 Å². The Kier molecular flexibility index (Phi) is 2.90. The van der Waals surface area contributed by atoms with Gasteiger partial charge in [0.15, 0.2) is 0 Å². The van der Waals surface area contributed by atoms with Gasteiger partial charge in [-0.2, -0.15) is 0 Å². The van der Waals surface area contributed by atoms with Crippen LogP contribution >= 0.6 is 0 Å². The van der Waals surface area contributed by atoms with Crippen molar-refractivity contribution in [2.45, 2.75) is 20.3 Å². The summed E-state index contributed by atoms with van der Waals surface area (Å²) in [7, 11) is -1.33. The van der Waals surface area contributed by atoms with E-state index in [1.807, 2.05) is 26.0 Å². The standard InChI is InChI=1S/C9H13BO2/c1-7(2)8-3-5-9(6-4-8)10(11)12/h3,5-6,11-12H,4H2,1-2H3. The summed E-state index contributed by atoms with van der Waals surface area (Å²) in [4.78, 5) is 0. The van der Waals surface area contributed by atoms with Crippen LogP contribution in [-0.4, -0.2) is 17.2 Å². The van der Waals surface area contributed by atoms with Gasteiger partial charge in [0.1, 0.15) is 0 Å². The van der Waals surface area contributed by atoms with Crippen molar-refractivity contribution < 1.29 is 10.0 Å². The van der Waals surface area contributed by atoms with E-state index < -0.39 is 7.12 Å². The van der Waals surface area contributed by atoms with E-state index in [2.05, 4.69) is 0 Å². The maximum atomic E-state index is 8.82. The van der Waals surface area contributed by atoms with Crippen molar-refractivity contribution in [1.82, 2.24) is 0 Å². The minimum Gasteiger partial charge on any atom is -0.423 e. The molecule has 0 aromatic heterocycles. The Morgan fingerprint density at radius 1 is 1.33 bits per heavy atom. The van der Waals surface area contributed by atoms with Crippen molar-refractivity contribution in [2.75, 3.05) is 0 Å². The minimum absolute atomic E-state index is 0.583. The summed E-state index contributed by atoms with van der Waals surface area (Å²) in [5.74, 6) is 0. The van der Waals surface area contributed by atoms with Crippen LogP contribution in [0, 0.1) is 0 Å². The Bertz CT molecular complexity index is 258. The van der Waals surface area contributed by atoms with Crippen LogP contribution in [0.3, 0.4) is 0 Å². The second kappa shape index (κ2) is 3.74. The highest BCUT2D eigenvalue weighted by molar-refractivity contribution is 6.51. The quantitative estimate of drug-likeness (QED) is 0.572. The maximum absolute atomic E-state index is 8.82. The monoisotopic (exact) mass is 164 g/mol. The molecule has 3 heteroatoms. The number of hydrogen-bond acceptors (Lipinski definition) is 2. The fourth-order valence-electron chi connectivity index (χ4n) is 1.12. The van der Waals surface area contributed by atoms with Gasteiger partial charge in [0.05, 0.1) is 0 Å². The summed E-state index contributed by atoms with van der Waals surface area (Å²) in [6.45, 7) is 4.10. The molecule has 0 aliphatic heterocycles. The van der Waals surface area contributed by atoms with Gasteiger partial charge >= 0.3 is 7.12 Å². The molecular weight excluding hydrogens is 151 g/mol. The first kappa shape index (κ1) is 9.29. The lowest BCUT2D eigenvalue weighted by molar-refractivity contribution is 0.420. The Morgan fingerprint density at radius 3 is 2.33 bits per heavy atom. The van der Waals surface area contributed by atoms with Gasteiger partial charge in [-0.3, -0.25) is 0 Å². The third-order valence-corrected chi connectivity index (χ3v) is 1.98. The second-order valence-corrected chi connectivity index (χ2v) is 3.14. The zero-order chi connectivity index (χ0) is 9.14. The summed E-state index contributed by atoms with van der Waals surface area (Å²) >= 11 is 0. The molecule has 0 saturated heterocycles. The van der Waals surface area contributed by atoms with Crippen LogP contribution in [0.25, 0.3) is 0 Å². The molecule has 0 radical (unpaired) electrons. The molecular formula is C9H13BO2. The average Bonchev–Trinajstić information content (AvgIpc) is 2.04. The molecule has 0 aromatic carbocycles. The van der Waals surface area contributed by atoms with E-state index in [1.165, 1.54) is 11.1 Å². The lowest BCUT2D eigenvalue weighted by Gasteiger charge is -2.09. The first-order valence-electron chi connectivity index (χ1n) is 4.02. The lowest BCUT2D eigenvalue weighted by atomic mass is 9.76. The Morgan fingerprint density at radius 2 is 2.00 bits per heavy atom. The van der Waals surface area contributed by atoms with Gasteiger partial charge in [-0.05, 0) is 31.3 Å². The predicted octanol–water partition coefficient (Wildman–Crippen LogP) is 1.22. The SMILES string of the molecule is CC(C)=C1C=CC(B(O)O)=CC1. The highest BCUT2D eigenvalue weighted by Gasteiger charge is 2.13. The average molecular weight is 164 g/mol. The molecule has 12 heavy (non-hydrogen) atoms. The van der Waals surface area contributed by atoms with Crippen molar-refractivity contribution in [2.24, 2.45) is 0 Å². The predicted molar refractivity (Wildman–Crippen MR) is 50.4 cm³/mol. The van der Waals surface area contributed by atoms with Crippen molar-refractivity contribution in [3.05, 3.63) is 34.8 Å². The van der Waals surface area contributed by atoms with Gasteiger partial charge in [-0.25, -0.2) is 0 Å². The van der Waals surface area contributed by atoms with Crippen molar-refractivity contribution in [3.8, 4) is 0 Å². The van der Waals surface area contributed by atoms with Gasteiger partial charge in [0.25, 0.3) is 0 Å². The molecule has 2 N–H and O–H groups in total. The largest absolute Gasteiger partial charge is 0.488 e. The molecule has 0 heterocycles. The molecule has 0 bridgehead atoms. The van der Waals surface area contributed by atoms with Crippen LogP contribution in [0.15, 0.2) is 34.8 Å². The molecule has 1 aliphatic carbocycles. The topological polar surface area (TPSA) is 40.5 Å². The highest BCUT2D eigenvalue weighted by Crippen LogP contribution is 2.18. The number of rotatable bonds is 1. The molecule has 0 saturated carbocycles. The fraction of sp³-hybridized carbons (Fsp3) is 0.333. The van der Waals surface area contributed by atoms with Crippen LogP contribution in [0.5, 0.6) is 0 Å². The summed E-state index contributed by atoms with van der Waals surface area (Å²) in [6.07, 6.45) is 6.32. The maximum Gasteiger partial charge on any atom is 0.488 e. The molecule has 0 aromatic rings. The van der Waals surface area contributed by atoms with E-state index in [1.54, 1.807) is 6.08 Å². The number of allylic oxidation sites excluding steroid dienone is 6. The van der Waals surface area contributed by atoms with Gasteiger partial charge < -0.3 is 10.0 Å². The van der Waals surface area contributed by atoms with Gasteiger partial charge in [-0.15, -0.1) is 0 Å². The summed E-state index contributed by atoms with van der Waals surface area (Å²) < 4.78 is 0. The molecule has 2 nitrogen and oxygen atoms in total. The number of hydrogen-bond donors (Lipinski definition) is 2. The van der Waals surface area contributed by atoms with E-state index in [4.69, 9.17) is 10.0 Å². The molecule has 1 rings (SSSR count). The van der Waals surface area contributed by atoms with Crippen molar-refractivity contribution >= 4 is 7.12 Å². The zero-order valence-electron chi connectivity index (χ0n) is 7.41. The molecule has 64 valence electrons. The van der Waals surface area contributed by atoms with E-state index in [9.17, 15) is 0 Å². The molecule has 0 spiro atoms. The Hall–Kier alpha value is -0.795. The summed E-state index contributed by atoms with van der Waals surface area (Å²) in [6, 6.07) is 0. The lowest BCUT2D eigenvalue weighted by Crippen LogP contribution is -2.15. The van der Waals surface area contributed by atoms with Gasteiger partial charge in [-0.1, -0.05) is 23.8 Å². The molecule has 1 aliphatic rings. The van der Waals surface area contributed by atoms with Gasteiger partial charge in [0.2, 0.25) is 0 Å². The first-order valence-corrected chi connectivity index (χ1v) is 4.02. The Labute approximate surface area is 73.1 Å². The molecule has 0 atom stereocenters. The van der Waals surface area contributed by atoms with Crippen LogP contribution in [0.4, 0.5) is 0 Å². The zero-order valence-corrected chi connectivity index (χ0v) is 7.41. The van der Waals surface area contributed by atoms with Gasteiger partial charge in [0, 0.05) is 0 Å². The Balaban J connectivity index is 2.75. The molecule has 0 fully saturated rings. The third-order valence-electron chi connectivity index (χ3n) is 1.98. The molecule has 0 unspecified atom stereocenters. The summed E-state index contributed by atoms with van der Waals surface area (Å²) in [5, 5.41) is 17.6. The van der Waals surface area contributed by atoms with E-state index >= 15 is 0 Å². The smallest absolute Gasteiger partial charge is 0.423 e. The van der Waals surface area contributed by atoms with E-state index in [0.29, 0.717) is 5.47 Å². The first-order chi connectivity index (χ1) is 5.61. The van der Waals surface area contributed by atoms with E-state index in [-0.39, 0.29) is 0 Å². The van der Waals surface area contributed by atoms with Crippen molar-refractivity contribution in [3.63, 3.8) is 0 Å². The third kappa shape index (κ3) is 2.09. The molecule has 0 amide bonds.